The van der Waals surface area contributed by atoms with E-state index in [4.69, 9.17) is 0 Å². The first kappa shape index (κ1) is 14.8. The summed E-state index contributed by atoms with van der Waals surface area (Å²) in [6, 6.07) is 0.813. The molecule has 0 saturated heterocycles. The minimum Gasteiger partial charge on any atom is -0.313 e. The summed E-state index contributed by atoms with van der Waals surface area (Å²) in [4.78, 5) is 2.59. The summed E-state index contributed by atoms with van der Waals surface area (Å²) >= 11 is 0. The summed E-state index contributed by atoms with van der Waals surface area (Å²) in [6.45, 7) is 3.79. The zero-order valence-corrected chi connectivity index (χ0v) is 13.4. The average Bonchev–Trinajstić information content (AvgIpc) is 2.95. The molecule has 3 fully saturated rings. The van der Waals surface area contributed by atoms with E-state index in [-0.39, 0.29) is 0 Å². The smallest absolute Gasteiger partial charge is 0.0104 e. The molecule has 3 saturated carbocycles. The number of nitrogens with zero attached hydrogens (tertiary/aromatic N) is 1. The molecule has 1 N–H and O–H groups in total. The van der Waals surface area contributed by atoms with E-state index in [0.717, 1.165) is 23.8 Å². The molecule has 0 spiro atoms. The fraction of sp³-hybridized carbons (Fsp3) is 1.00. The van der Waals surface area contributed by atoms with Crippen molar-refractivity contribution in [2.75, 3.05) is 26.7 Å². The molecule has 2 nitrogen and oxygen atoms in total. The molecule has 2 bridgehead atoms. The van der Waals surface area contributed by atoms with E-state index in [0.29, 0.717) is 0 Å². The van der Waals surface area contributed by atoms with Gasteiger partial charge in [-0.2, -0.15) is 0 Å². The van der Waals surface area contributed by atoms with E-state index in [9.17, 15) is 0 Å². The van der Waals surface area contributed by atoms with Crippen LogP contribution in [0.4, 0.5) is 0 Å². The van der Waals surface area contributed by atoms with Gasteiger partial charge in [0.2, 0.25) is 0 Å². The van der Waals surface area contributed by atoms with Crippen LogP contribution < -0.4 is 5.32 Å². The third-order valence-corrected chi connectivity index (χ3v) is 6.21. The lowest BCUT2D eigenvalue weighted by atomic mass is 9.88. The van der Waals surface area contributed by atoms with Crippen LogP contribution in [0.2, 0.25) is 0 Å². The van der Waals surface area contributed by atoms with Gasteiger partial charge in [-0.25, -0.2) is 0 Å². The van der Waals surface area contributed by atoms with Crippen molar-refractivity contribution in [3.8, 4) is 0 Å². The Hall–Kier alpha value is -0.0800. The molecule has 0 aliphatic heterocycles. The Morgan fingerprint density at radius 2 is 1.75 bits per heavy atom. The predicted molar refractivity (Wildman–Crippen MR) is 85.9 cm³/mol. The Bertz CT molecular complexity index is 283. The molecule has 3 rings (SSSR count). The van der Waals surface area contributed by atoms with Crippen molar-refractivity contribution in [3.63, 3.8) is 0 Å². The third kappa shape index (κ3) is 3.98. The molecule has 0 heterocycles. The van der Waals surface area contributed by atoms with Crippen molar-refractivity contribution in [1.29, 1.82) is 0 Å². The molecule has 0 aromatic carbocycles. The van der Waals surface area contributed by atoms with Gasteiger partial charge in [-0.1, -0.05) is 32.1 Å². The molecule has 116 valence electrons. The number of rotatable bonds is 6. The molecule has 0 radical (unpaired) electrons. The zero-order chi connectivity index (χ0) is 13.8. The second kappa shape index (κ2) is 7.26. The highest BCUT2D eigenvalue weighted by Crippen LogP contribution is 2.48. The fourth-order valence-corrected chi connectivity index (χ4v) is 5.03. The van der Waals surface area contributed by atoms with Crippen molar-refractivity contribution >= 4 is 0 Å². The summed E-state index contributed by atoms with van der Waals surface area (Å²) in [5, 5.41) is 3.81. The number of fused-ring (bicyclic) bond motifs is 2. The van der Waals surface area contributed by atoms with Crippen LogP contribution in [0.3, 0.4) is 0 Å². The summed E-state index contributed by atoms with van der Waals surface area (Å²) < 4.78 is 0. The van der Waals surface area contributed by atoms with Gasteiger partial charge in [-0.05, 0) is 56.9 Å². The summed E-state index contributed by atoms with van der Waals surface area (Å²) in [5.41, 5.74) is 0. The van der Waals surface area contributed by atoms with Gasteiger partial charge in [0.15, 0.2) is 0 Å². The van der Waals surface area contributed by atoms with Gasteiger partial charge in [-0.15, -0.1) is 0 Å². The first-order valence-electron chi connectivity index (χ1n) is 9.23. The minimum absolute atomic E-state index is 0.813. The molecule has 0 aromatic rings. The Morgan fingerprint density at radius 3 is 2.40 bits per heavy atom. The monoisotopic (exact) mass is 278 g/mol. The van der Waals surface area contributed by atoms with Crippen LogP contribution in [-0.2, 0) is 0 Å². The summed E-state index contributed by atoms with van der Waals surface area (Å²) in [6.07, 6.45) is 14.8. The van der Waals surface area contributed by atoms with E-state index in [1.807, 2.05) is 0 Å². The lowest BCUT2D eigenvalue weighted by molar-refractivity contribution is 0.217. The van der Waals surface area contributed by atoms with Gasteiger partial charge < -0.3 is 10.2 Å². The number of nitrogens with one attached hydrogen (secondary N) is 1. The van der Waals surface area contributed by atoms with Gasteiger partial charge in [-0.3, -0.25) is 0 Å². The molecule has 0 aromatic heterocycles. The third-order valence-electron chi connectivity index (χ3n) is 6.21. The highest BCUT2D eigenvalue weighted by Gasteiger charge is 2.39. The van der Waals surface area contributed by atoms with E-state index in [1.54, 1.807) is 6.42 Å². The molecule has 3 aliphatic carbocycles. The van der Waals surface area contributed by atoms with Gasteiger partial charge in [0.25, 0.3) is 0 Å². The van der Waals surface area contributed by atoms with Crippen LogP contribution in [0.25, 0.3) is 0 Å². The maximum atomic E-state index is 3.81. The maximum absolute atomic E-state index is 3.81. The molecule has 3 unspecified atom stereocenters. The molecule has 0 amide bonds. The van der Waals surface area contributed by atoms with E-state index in [1.165, 1.54) is 77.4 Å². The molecule has 20 heavy (non-hydrogen) atoms. The SMILES string of the molecule is CN(CCNC1CCCCCC1)CC1CC2CCC1C2. The largest absolute Gasteiger partial charge is 0.313 e. The zero-order valence-electron chi connectivity index (χ0n) is 13.4. The normalized spacial score (nSPS) is 34.8. The molecule has 3 aliphatic rings. The van der Waals surface area contributed by atoms with Crippen molar-refractivity contribution in [2.24, 2.45) is 17.8 Å². The fourth-order valence-electron chi connectivity index (χ4n) is 5.03. The number of likely N-dealkylation sites (N-methyl/N-ethyl adjacent to an activating group) is 1. The summed E-state index contributed by atoms with van der Waals surface area (Å²) in [5.74, 6) is 3.21. The molecule has 2 heteroatoms. The van der Waals surface area contributed by atoms with Crippen molar-refractivity contribution in [3.05, 3.63) is 0 Å². The second-order valence-electron chi connectivity index (χ2n) is 7.84. The van der Waals surface area contributed by atoms with Crippen molar-refractivity contribution in [2.45, 2.75) is 70.3 Å². The predicted octanol–water partition coefficient (Wildman–Crippen LogP) is 3.67. The van der Waals surface area contributed by atoms with Crippen LogP contribution in [-0.4, -0.2) is 37.6 Å². The Labute approximate surface area is 125 Å². The van der Waals surface area contributed by atoms with Crippen molar-refractivity contribution in [1.82, 2.24) is 10.2 Å². The second-order valence-corrected chi connectivity index (χ2v) is 7.84. The highest BCUT2D eigenvalue weighted by atomic mass is 15.1. The van der Waals surface area contributed by atoms with Crippen LogP contribution in [0.15, 0.2) is 0 Å². The summed E-state index contributed by atoms with van der Waals surface area (Å²) in [7, 11) is 2.33. The van der Waals surface area contributed by atoms with Gasteiger partial charge >= 0.3 is 0 Å². The van der Waals surface area contributed by atoms with Crippen LogP contribution in [0, 0.1) is 17.8 Å². The van der Waals surface area contributed by atoms with E-state index < -0.39 is 0 Å². The van der Waals surface area contributed by atoms with Gasteiger partial charge in [0.1, 0.15) is 0 Å². The van der Waals surface area contributed by atoms with Crippen molar-refractivity contribution < 1.29 is 0 Å². The van der Waals surface area contributed by atoms with Crippen LogP contribution in [0.5, 0.6) is 0 Å². The first-order chi connectivity index (χ1) is 9.81. The number of hydrogen-bond donors (Lipinski definition) is 1. The Morgan fingerprint density at radius 1 is 0.950 bits per heavy atom. The first-order valence-corrected chi connectivity index (χ1v) is 9.23. The topological polar surface area (TPSA) is 15.3 Å². The lowest BCUT2D eigenvalue weighted by Gasteiger charge is -2.27. The molecular formula is C18H34N2. The van der Waals surface area contributed by atoms with E-state index in [2.05, 4.69) is 17.3 Å². The van der Waals surface area contributed by atoms with Gasteiger partial charge in [0.05, 0.1) is 0 Å². The van der Waals surface area contributed by atoms with Gasteiger partial charge in [0, 0.05) is 25.7 Å². The van der Waals surface area contributed by atoms with Crippen LogP contribution in [0.1, 0.15) is 64.2 Å². The average molecular weight is 278 g/mol. The number of hydrogen-bond acceptors (Lipinski definition) is 2. The Kier molecular flexibility index (Phi) is 5.39. The highest BCUT2D eigenvalue weighted by molar-refractivity contribution is 4.91. The standard InChI is InChI=1S/C18H34N2/c1-20(14-17-13-15-8-9-16(17)12-15)11-10-19-18-6-4-2-3-5-7-18/h15-19H,2-14H2,1H3. The Balaban J connectivity index is 1.30. The molecule has 3 atom stereocenters. The minimum atomic E-state index is 0.813. The lowest BCUT2D eigenvalue weighted by Crippen LogP contribution is -2.37. The quantitative estimate of drug-likeness (QED) is 0.746. The molecular weight excluding hydrogens is 244 g/mol. The van der Waals surface area contributed by atoms with Crippen LogP contribution >= 0.6 is 0 Å². The maximum Gasteiger partial charge on any atom is 0.0104 e. The van der Waals surface area contributed by atoms with E-state index >= 15 is 0 Å².